The normalized spacial score (nSPS) is 19.6. The van der Waals surface area contributed by atoms with Crippen molar-refractivity contribution in [3.05, 3.63) is 28.8 Å². The van der Waals surface area contributed by atoms with Crippen molar-refractivity contribution >= 4 is 29.3 Å². The number of rotatable bonds is 2. The largest absolute Gasteiger partial charge is 0.481 e. The second-order valence-corrected chi connectivity index (χ2v) is 6.01. The molecule has 0 amide bonds. The maximum Gasteiger partial charge on any atom is 0.309 e. The molecule has 0 saturated carbocycles. The quantitative estimate of drug-likeness (QED) is 0.878. The topological polar surface area (TPSA) is 37.3 Å². The summed E-state index contributed by atoms with van der Waals surface area (Å²) in [4.78, 5) is 12.4. The van der Waals surface area contributed by atoms with Gasteiger partial charge in [-0.25, -0.2) is 0 Å². The lowest BCUT2D eigenvalue weighted by molar-refractivity contribution is -0.147. The summed E-state index contributed by atoms with van der Waals surface area (Å²) in [5.74, 6) is 0.00261. The van der Waals surface area contributed by atoms with Crippen LogP contribution in [0.4, 0.5) is 0 Å². The number of aliphatic carboxylic acids is 1. The molecule has 0 saturated heterocycles. The highest BCUT2D eigenvalue weighted by Crippen LogP contribution is 2.50. The van der Waals surface area contributed by atoms with E-state index in [1.54, 1.807) is 25.6 Å². The Morgan fingerprint density at radius 3 is 2.88 bits per heavy atom. The van der Waals surface area contributed by atoms with E-state index in [0.29, 0.717) is 5.02 Å². The van der Waals surface area contributed by atoms with Crippen LogP contribution in [0.5, 0.6) is 0 Å². The van der Waals surface area contributed by atoms with E-state index in [4.69, 9.17) is 11.6 Å². The highest BCUT2D eigenvalue weighted by atomic mass is 35.5. The van der Waals surface area contributed by atoms with Gasteiger partial charge in [-0.15, -0.1) is 11.8 Å². The predicted octanol–water partition coefficient (Wildman–Crippen LogP) is 3.64. The molecular weight excluding hydrogens is 244 g/mol. The van der Waals surface area contributed by atoms with Crippen LogP contribution in [0.1, 0.15) is 25.3 Å². The van der Waals surface area contributed by atoms with Gasteiger partial charge in [0.25, 0.3) is 0 Å². The van der Waals surface area contributed by atoms with Crippen LogP contribution in [-0.2, 0) is 4.79 Å². The molecule has 2 nitrogen and oxygen atoms in total. The fraction of sp³-hybridized carbons (Fsp3) is 0.417. The summed E-state index contributed by atoms with van der Waals surface area (Å²) in [6.45, 7) is 3.53. The van der Waals surface area contributed by atoms with Gasteiger partial charge in [-0.3, -0.25) is 4.79 Å². The van der Waals surface area contributed by atoms with E-state index in [0.717, 1.165) is 16.2 Å². The van der Waals surface area contributed by atoms with Gasteiger partial charge >= 0.3 is 5.97 Å². The van der Waals surface area contributed by atoms with Crippen molar-refractivity contribution in [3.8, 4) is 0 Å². The molecule has 0 aliphatic carbocycles. The second kappa shape index (κ2) is 3.97. The van der Waals surface area contributed by atoms with Crippen molar-refractivity contribution in [2.24, 2.45) is 5.41 Å². The molecule has 0 spiro atoms. The summed E-state index contributed by atoms with van der Waals surface area (Å²) in [6, 6.07) is 5.74. The molecule has 16 heavy (non-hydrogen) atoms. The van der Waals surface area contributed by atoms with Crippen LogP contribution in [-0.4, -0.2) is 16.8 Å². The van der Waals surface area contributed by atoms with E-state index in [2.05, 4.69) is 0 Å². The Labute approximate surface area is 104 Å². The Hall–Kier alpha value is -0.670. The Bertz CT molecular complexity index is 443. The molecule has 1 atom stereocenters. The van der Waals surface area contributed by atoms with Gasteiger partial charge in [-0.1, -0.05) is 17.7 Å². The third-order valence-corrected chi connectivity index (χ3v) is 4.69. The summed E-state index contributed by atoms with van der Waals surface area (Å²) in [5.41, 5.74) is 0.227. The molecule has 1 aliphatic heterocycles. The van der Waals surface area contributed by atoms with Gasteiger partial charge in [0.2, 0.25) is 0 Å². The van der Waals surface area contributed by atoms with Crippen molar-refractivity contribution < 1.29 is 9.90 Å². The Kier molecular flexibility index (Phi) is 2.93. The first-order valence-corrected chi connectivity index (χ1v) is 6.45. The molecule has 0 radical (unpaired) electrons. The van der Waals surface area contributed by atoms with E-state index >= 15 is 0 Å². The lowest BCUT2D eigenvalue weighted by Crippen LogP contribution is -2.31. The minimum absolute atomic E-state index is 0.0151. The second-order valence-electron chi connectivity index (χ2n) is 4.54. The SMILES string of the molecule is CC(C)(C(=O)O)C1CSc2cccc(Cl)c21. The minimum atomic E-state index is -0.775. The molecular formula is C12H13ClO2S. The van der Waals surface area contributed by atoms with Crippen LogP contribution >= 0.6 is 23.4 Å². The molecule has 0 bridgehead atoms. The van der Waals surface area contributed by atoms with Gasteiger partial charge in [-0.05, 0) is 31.5 Å². The highest BCUT2D eigenvalue weighted by Gasteiger charge is 2.42. The van der Waals surface area contributed by atoms with Gasteiger partial charge in [0.1, 0.15) is 0 Å². The third kappa shape index (κ3) is 1.72. The Morgan fingerprint density at radius 2 is 2.25 bits per heavy atom. The van der Waals surface area contributed by atoms with E-state index in [1.165, 1.54) is 0 Å². The van der Waals surface area contributed by atoms with Crippen LogP contribution in [0.15, 0.2) is 23.1 Å². The van der Waals surface area contributed by atoms with Crippen LogP contribution in [0.25, 0.3) is 0 Å². The maximum absolute atomic E-state index is 11.3. The zero-order valence-electron chi connectivity index (χ0n) is 9.16. The van der Waals surface area contributed by atoms with Gasteiger partial charge in [0.15, 0.2) is 0 Å². The Morgan fingerprint density at radius 1 is 1.56 bits per heavy atom. The average molecular weight is 257 g/mol. The summed E-state index contributed by atoms with van der Waals surface area (Å²) in [7, 11) is 0. The predicted molar refractivity (Wildman–Crippen MR) is 66.3 cm³/mol. The summed E-state index contributed by atoms with van der Waals surface area (Å²) >= 11 is 7.86. The number of carbonyl (C=O) groups is 1. The van der Waals surface area contributed by atoms with Gasteiger partial charge in [0.05, 0.1) is 5.41 Å². The lowest BCUT2D eigenvalue weighted by Gasteiger charge is -2.27. The third-order valence-electron chi connectivity index (χ3n) is 3.19. The molecule has 0 fully saturated rings. The number of halogens is 1. The van der Waals surface area contributed by atoms with E-state index in [1.807, 2.05) is 18.2 Å². The first kappa shape index (κ1) is 11.8. The van der Waals surface area contributed by atoms with Crippen molar-refractivity contribution in [1.82, 2.24) is 0 Å². The molecule has 1 aromatic rings. The zero-order valence-corrected chi connectivity index (χ0v) is 10.7. The number of hydrogen-bond acceptors (Lipinski definition) is 2. The molecule has 86 valence electrons. The van der Waals surface area contributed by atoms with Gasteiger partial charge in [0, 0.05) is 21.6 Å². The van der Waals surface area contributed by atoms with Crippen LogP contribution in [0, 0.1) is 5.41 Å². The first-order valence-electron chi connectivity index (χ1n) is 5.09. The highest BCUT2D eigenvalue weighted by molar-refractivity contribution is 7.99. The van der Waals surface area contributed by atoms with Gasteiger partial charge < -0.3 is 5.11 Å². The Balaban J connectivity index is 2.48. The molecule has 1 aromatic carbocycles. The lowest BCUT2D eigenvalue weighted by atomic mass is 9.76. The number of carboxylic acid groups (broad SMARTS) is 1. The summed E-state index contributed by atoms with van der Waals surface area (Å²) < 4.78 is 0. The summed E-state index contributed by atoms with van der Waals surface area (Å²) in [5, 5.41) is 9.95. The molecule has 4 heteroatoms. The first-order chi connectivity index (χ1) is 7.44. The number of hydrogen-bond donors (Lipinski definition) is 1. The standard InChI is InChI=1S/C12H13ClO2S/c1-12(2,11(14)15)7-6-16-9-5-3-4-8(13)10(7)9/h3-5,7H,6H2,1-2H3,(H,14,15). The van der Waals surface area contributed by atoms with Crippen LogP contribution < -0.4 is 0 Å². The molecule has 1 unspecified atom stereocenters. The van der Waals surface area contributed by atoms with E-state index in [-0.39, 0.29) is 5.92 Å². The van der Waals surface area contributed by atoms with Crippen LogP contribution in [0.3, 0.4) is 0 Å². The maximum atomic E-state index is 11.3. The molecule has 0 aromatic heterocycles. The monoisotopic (exact) mass is 256 g/mol. The number of fused-ring (bicyclic) bond motifs is 1. The van der Waals surface area contributed by atoms with E-state index in [9.17, 15) is 9.90 Å². The number of carboxylic acids is 1. The average Bonchev–Trinajstić information content (AvgIpc) is 2.63. The minimum Gasteiger partial charge on any atom is -0.481 e. The zero-order chi connectivity index (χ0) is 11.9. The van der Waals surface area contributed by atoms with Crippen molar-refractivity contribution in [2.45, 2.75) is 24.7 Å². The van der Waals surface area contributed by atoms with E-state index < -0.39 is 11.4 Å². The molecule has 1 aliphatic rings. The summed E-state index contributed by atoms with van der Waals surface area (Å²) in [6.07, 6.45) is 0. The van der Waals surface area contributed by atoms with Crippen molar-refractivity contribution in [1.29, 1.82) is 0 Å². The fourth-order valence-electron chi connectivity index (χ4n) is 1.96. The fourth-order valence-corrected chi connectivity index (χ4v) is 3.83. The van der Waals surface area contributed by atoms with Crippen molar-refractivity contribution in [3.63, 3.8) is 0 Å². The molecule has 1 heterocycles. The number of thioether (sulfide) groups is 1. The number of benzene rings is 1. The van der Waals surface area contributed by atoms with Crippen molar-refractivity contribution in [2.75, 3.05) is 5.75 Å². The van der Waals surface area contributed by atoms with Gasteiger partial charge in [-0.2, -0.15) is 0 Å². The van der Waals surface area contributed by atoms with Crippen LogP contribution in [0.2, 0.25) is 5.02 Å². The smallest absolute Gasteiger partial charge is 0.309 e. The molecule has 1 N–H and O–H groups in total. The molecule has 2 rings (SSSR count).